The zero-order chi connectivity index (χ0) is 23.1. The van der Waals surface area contributed by atoms with Gasteiger partial charge >= 0.3 is 5.97 Å². The summed E-state index contributed by atoms with van der Waals surface area (Å²) in [5, 5.41) is 17.2. The predicted octanol–water partition coefficient (Wildman–Crippen LogP) is 4.70. The minimum Gasteiger partial charge on any atom is -0.452 e. The van der Waals surface area contributed by atoms with E-state index in [-0.39, 0.29) is 34.3 Å². The molecule has 0 unspecified atom stereocenters. The van der Waals surface area contributed by atoms with Crippen molar-refractivity contribution in [3.8, 4) is 0 Å². The molecule has 1 aromatic heterocycles. The van der Waals surface area contributed by atoms with Gasteiger partial charge in [-0.3, -0.25) is 14.9 Å². The van der Waals surface area contributed by atoms with Gasteiger partial charge in [-0.2, -0.15) is 0 Å². The molecule has 32 heavy (non-hydrogen) atoms. The van der Waals surface area contributed by atoms with E-state index in [1.165, 1.54) is 24.4 Å². The Morgan fingerprint density at radius 1 is 1.06 bits per heavy atom. The zero-order valence-electron chi connectivity index (χ0n) is 16.4. The maximum Gasteiger partial charge on any atom is 0.341 e. The van der Waals surface area contributed by atoms with Crippen LogP contribution in [-0.4, -0.2) is 28.4 Å². The number of rotatable bonds is 8. The van der Waals surface area contributed by atoms with E-state index in [0.29, 0.717) is 5.02 Å². The molecule has 0 atom stereocenters. The molecule has 0 saturated heterocycles. The second-order valence-corrected chi connectivity index (χ2v) is 7.16. The Hall–Kier alpha value is -3.69. The topological polar surface area (TPSA) is 123 Å². The van der Waals surface area contributed by atoms with E-state index in [4.69, 9.17) is 27.9 Å². The first-order valence-electron chi connectivity index (χ1n) is 9.18. The number of esters is 1. The molecular weight excluding hydrogens is 459 g/mol. The molecular formula is C21H16Cl2N4O5. The van der Waals surface area contributed by atoms with Crippen molar-refractivity contribution in [2.45, 2.75) is 6.54 Å². The summed E-state index contributed by atoms with van der Waals surface area (Å²) in [6.07, 6.45) is 1.46. The highest BCUT2D eigenvalue weighted by Crippen LogP contribution is 2.25. The Labute approximate surface area is 192 Å². The number of benzene rings is 2. The van der Waals surface area contributed by atoms with Crippen molar-refractivity contribution in [2.75, 3.05) is 17.2 Å². The number of nitro benzene ring substituents is 1. The number of carbonyl (C=O) groups is 2. The molecule has 3 aromatic rings. The highest BCUT2D eigenvalue weighted by molar-refractivity contribution is 6.32. The molecule has 2 N–H and O–H groups in total. The number of aromatic nitrogens is 1. The number of nitrogens with one attached hydrogen (secondary N) is 2. The Morgan fingerprint density at radius 3 is 2.56 bits per heavy atom. The van der Waals surface area contributed by atoms with E-state index in [9.17, 15) is 19.7 Å². The standard InChI is InChI=1S/C21H16Cl2N4O5/c22-16-5-2-1-4-13(16)11-25-17-8-7-14(27(30)31)10-15(17)21(29)32-12-19(28)26-18-6-3-9-24-20(18)23/h1-10,25H,11-12H2,(H,26,28). The summed E-state index contributed by atoms with van der Waals surface area (Å²) in [7, 11) is 0. The van der Waals surface area contributed by atoms with Crippen LogP contribution in [0.15, 0.2) is 60.8 Å². The van der Waals surface area contributed by atoms with Crippen LogP contribution in [0.2, 0.25) is 10.2 Å². The molecule has 0 bridgehead atoms. The monoisotopic (exact) mass is 474 g/mol. The van der Waals surface area contributed by atoms with E-state index >= 15 is 0 Å². The van der Waals surface area contributed by atoms with E-state index in [0.717, 1.165) is 11.6 Å². The van der Waals surface area contributed by atoms with E-state index in [1.807, 2.05) is 0 Å². The number of hydrogen-bond acceptors (Lipinski definition) is 7. The van der Waals surface area contributed by atoms with Crippen LogP contribution < -0.4 is 10.6 Å². The molecule has 0 aliphatic heterocycles. The van der Waals surface area contributed by atoms with Crippen LogP contribution in [-0.2, 0) is 16.1 Å². The Morgan fingerprint density at radius 2 is 1.84 bits per heavy atom. The van der Waals surface area contributed by atoms with Gasteiger partial charge in [0.15, 0.2) is 11.8 Å². The minimum absolute atomic E-state index is 0.0805. The fraction of sp³-hybridized carbons (Fsp3) is 0.0952. The molecule has 0 fully saturated rings. The third-order valence-corrected chi connectivity index (χ3v) is 4.90. The second-order valence-electron chi connectivity index (χ2n) is 6.40. The molecule has 1 amide bonds. The van der Waals surface area contributed by atoms with Crippen molar-refractivity contribution in [1.29, 1.82) is 0 Å². The van der Waals surface area contributed by atoms with Crippen LogP contribution in [0.3, 0.4) is 0 Å². The van der Waals surface area contributed by atoms with E-state index in [1.54, 1.807) is 30.3 Å². The van der Waals surface area contributed by atoms with Gasteiger partial charge in [0.2, 0.25) is 0 Å². The number of pyridine rings is 1. The Kier molecular flexibility index (Phi) is 7.58. The van der Waals surface area contributed by atoms with Crippen molar-refractivity contribution in [3.05, 3.63) is 92.2 Å². The maximum atomic E-state index is 12.6. The largest absolute Gasteiger partial charge is 0.452 e. The fourth-order valence-electron chi connectivity index (χ4n) is 2.68. The van der Waals surface area contributed by atoms with Crippen molar-refractivity contribution in [1.82, 2.24) is 4.98 Å². The van der Waals surface area contributed by atoms with Gasteiger partial charge in [-0.1, -0.05) is 41.4 Å². The van der Waals surface area contributed by atoms with Gasteiger partial charge in [0.1, 0.15) is 0 Å². The summed E-state index contributed by atoms with van der Waals surface area (Å²) in [5.74, 6) is -1.56. The highest BCUT2D eigenvalue weighted by atomic mass is 35.5. The molecule has 3 rings (SSSR count). The normalized spacial score (nSPS) is 10.3. The van der Waals surface area contributed by atoms with Gasteiger partial charge in [0.05, 0.1) is 16.2 Å². The summed E-state index contributed by atoms with van der Waals surface area (Å²) in [4.78, 5) is 39.0. The fourth-order valence-corrected chi connectivity index (χ4v) is 3.04. The van der Waals surface area contributed by atoms with Crippen LogP contribution in [0.4, 0.5) is 17.1 Å². The van der Waals surface area contributed by atoms with Crippen molar-refractivity contribution in [2.24, 2.45) is 0 Å². The summed E-state index contributed by atoms with van der Waals surface area (Å²) in [5.41, 5.74) is 0.911. The van der Waals surface area contributed by atoms with Gasteiger partial charge in [0.25, 0.3) is 11.6 Å². The van der Waals surface area contributed by atoms with Crippen molar-refractivity contribution >= 4 is 52.1 Å². The number of halogens is 2. The third kappa shape index (κ3) is 5.93. The van der Waals surface area contributed by atoms with Crippen molar-refractivity contribution < 1.29 is 19.2 Å². The maximum absolute atomic E-state index is 12.6. The average molecular weight is 475 g/mol. The molecule has 11 heteroatoms. The lowest BCUT2D eigenvalue weighted by atomic mass is 10.1. The summed E-state index contributed by atoms with van der Waals surface area (Å²) in [6.45, 7) is -0.367. The minimum atomic E-state index is -0.914. The lowest BCUT2D eigenvalue weighted by Gasteiger charge is -2.13. The van der Waals surface area contributed by atoms with Gasteiger partial charge in [-0.05, 0) is 29.8 Å². The number of hydrogen-bond donors (Lipinski definition) is 2. The Bertz CT molecular complexity index is 1170. The first-order valence-corrected chi connectivity index (χ1v) is 9.94. The molecule has 0 radical (unpaired) electrons. The summed E-state index contributed by atoms with van der Waals surface area (Å²) >= 11 is 12.0. The van der Waals surface area contributed by atoms with E-state index < -0.39 is 23.4 Å². The lowest BCUT2D eigenvalue weighted by Crippen LogP contribution is -2.21. The molecule has 1 heterocycles. The molecule has 164 valence electrons. The van der Waals surface area contributed by atoms with Crippen molar-refractivity contribution in [3.63, 3.8) is 0 Å². The lowest BCUT2D eigenvalue weighted by molar-refractivity contribution is -0.384. The summed E-state index contributed by atoms with van der Waals surface area (Å²) in [6, 6.07) is 13.9. The summed E-state index contributed by atoms with van der Waals surface area (Å²) < 4.78 is 5.05. The number of carbonyl (C=O) groups excluding carboxylic acids is 2. The number of non-ortho nitro benzene ring substituents is 1. The number of anilines is 2. The Balaban J connectivity index is 1.72. The van der Waals surface area contributed by atoms with Crippen LogP contribution in [0.1, 0.15) is 15.9 Å². The van der Waals surface area contributed by atoms with Crippen LogP contribution in [0.25, 0.3) is 0 Å². The predicted molar refractivity (Wildman–Crippen MR) is 120 cm³/mol. The van der Waals surface area contributed by atoms with Crippen LogP contribution in [0.5, 0.6) is 0 Å². The van der Waals surface area contributed by atoms with Gasteiger partial charge in [0, 0.05) is 35.6 Å². The quantitative estimate of drug-likeness (QED) is 0.209. The molecule has 9 nitrogen and oxygen atoms in total. The number of nitro groups is 1. The molecule has 0 saturated carbocycles. The SMILES string of the molecule is O=C(COC(=O)c1cc([N+](=O)[O-])ccc1NCc1ccccc1Cl)Nc1cccnc1Cl. The number of nitrogens with zero attached hydrogens (tertiary/aromatic N) is 2. The first-order chi connectivity index (χ1) is 15.3. The number of amides is 1. The third-order valence-electron chi connectivity index (χ3n) is 4.23. The van der Waals surface area contributed by atoms with Crippen LogP contribution in [0, 0.1) is 10.1 Å². The first kappa shape index (κ1) is 23.0. The molecule has 0 aliphatic carbocycles. The number of ether oxygens (including phenoxy) is 1. The van der Waals surface area contributed by atoms with Gasteiger partial charge in [-0.25, -0.2) is 9.78 Å². The van der Waals surface area contributed by atoms with Gasteiger partial charge < -0.3 is 15.4 Å². The second kappa shape index (κ2) is 10.6. The molecule has 0 aliphatic rings. The zero-order valence-corrected chi connectivity index (χ0v) is 17.9. The highest BCUT2D eigenvalue weighted by Gasteiger charge is 2.19. The van der Waals surface area contributed by atoms with Crippen LogP contribution >= 0.6 is 23.2 Å². The molecule has 0 spiro atoms. The van der Waals surface area contributed by atoms with Gasteiger partial charge in [-0.15, -0.1) is 0 Å². The average Bonchev–Trinajstić information content (AvgIpc) is 2.78. The van der Waals surface area contributed by atoms with E-state index in [2.05, 4.69) is 15.6 Å². The molecule has 2 aromatic carbocycles. The smallest absolute Gasteiger partial charge is 0.341 e.